The minimum atomic E-state index is 0.124. The molecule has 1 aliphatic rings. The van der Waals surface area contributed by atoms with Crippen molar-refractivity contribution in [1.29, 1.82) is 0 Å². The zero-order valence-electron chi connectivity index (χ0n) is 11.2. The minimum Gasteiger partial charge on any atom is -0.282 e. The van der Waals surface area contributed by atoms with Crippen LogP contribution in [0.15, 0.2) is 42.5 Å². The zero-order valence-corrected chi connectivity index (χ0v) is 13.7. The van der Waals surface area contributed by atoms with Gasteiger partial charge in [0.25, 0.3) is 0 Å². The normalized spacial score (nSPS) is 26.3. The number of hydrogen-bond donors (Lipinski definition) is 0. The summed E-state index contributed by atoms with van der Waals surface area (Å²) in [5, 5.41) is 0.655. The van der Waals surface area contributed by atoms with Gasteiger partial charge < -0.3 is 0 Å². The van der Waals surface area contributed by atoms with E-state index in [-0.39, 0.29) is 9.19 Å². The highest BCUT2D eigenvalue weighted by Crippen LogP contribution is 2.55. The summed E-state index contributed by atoms with van der Waals surface area (Å²) in [4.78, 5) is 11.6. The number of thioether (sulfide) groups is 3. The summed E-state index contributed by atoms with van der Waals surface area (Å²) in [5.41, 5.74) is 2.01. The van der Waals surface area contributed by atoms with Crippen molar-refractivity contribution < 1.29 is 4.79 Å². The van der Waals surface area contributed by atoms with E-state index in [1.807, 2.05) is 23.5 Å². The molecule has 1 heterocycles. The van der Waals surface area contributed by atoms with Gasteiger partial charge in [-0.1, -0.05) is 48.7 Å². The van der Waals surface area contributed by atoms with E-state index in [9.17, 15) is 4.79 Å². The zero-order chi connectivity index (χ0) is 13.9. The predicted octanol–water partition coefficient (Wildman–Crippen LogP) is 4.54. The summed E-state index contributed by atoms with van der Waals surface area (Å²) in [5.74, 6) is 1.98. The molecule has 1 aromatic rings. The Bertz CT molecular complexity index is 472. The Labute approximate surface area is 128 Å². The van der Waals surface area contributed by atoms with E-state index in [1.165, 1.54) is 17.3 Å². The summed E-state index contributed by atoms with van der Waals surface area (Å²) in [6.07, 6.45) is 0. The summed E-state index contributed by atoms with van der Waals surface area (Å²) in [6.45, 7) is 7.75. The molecule has 1 aliphatic heterocycles. The standard InChI is InChI=1S/C15H18OS3/c1-11(2)14(16)17-9-13-10-18-15(3,19-13)12-7-5-4-6-8-12/h4-8,13H,1,9-10H2,2-3H3. The Hall–Kier alpha value is -0.320. The second kappa shape index (κ2) is 6.42. The Morgan fingerprint density at radius 2 is 2.16 bits per heavy atom. The third-order valence-corrected chi connectivity index (χ3v) is 7.93. The smallest absolute Gasteiger partial charge is 0.214 e. The van der Waals surface area contributed by atoms with Gasteiger partial charge in [0, 0.05) is 16.8 Å². The van der Waals surface area contributed by atoms with Crippen molar-refractivity contribution in [3.63, 3.8) is 0 Å². The highest BCUT2D eigenvalue weighted by atomic mass is 32.2. The molecule has 0 aliphatic carbocycles. The van der Waals surface area contributed by atoms with Crippen LogP contribution in [0, 0.1) is 0 Å². The average molecular weight is 311 g/mol. The molecular weight excluding hydrogens is 292 g/mol. The van der Waals surface area contributed by atoms with E-state index in [0.717, 1.165) is 11.5 Å². The summed E-state index contributed by atoms with van der Waals surface area (Å²) >= 11 is 5.37. The molecule has 19 heavy (non-hydrogen) atoms. The molecule has 1 saturated heterocycles. The second-order valence-electron chi connectivity index (χ2n) is 4.74. The van der Waals surface area contributed by atoms with Gasteiger partial charge in [-0.2, -0.15) is 0 Å². The molecule has 1 fully saturated rings. The van der Waals surface area contributed by atoms with Gasteiger partial charge in [-0.25, -0.2) is 0 Å². The lowest BCUT2D eigenvalue weighted by molar-refractivity contribution is -0.107. The van der Waals surface area contributed by atoms with Crippen LogP contribution in [0.1, 0.15) is 19.4 Å². The number of hydrogen-bond acceptors (Lipinski definition) is 4. The molecule has 1 nitrogen and oxygen atoms in total. The maximum atomic E-state index is 11.6. The van der Waals surface area contributed by atoms with Crippen molar-refractivity contribution in [2.24, 2.45) is 0 Å². The Balaban J connectivity index is 1.93. The number of carbonyl (C=O) groups excluding carboxylic acids is 1. The Morgan fingerprint density at radius 1 is 1.47 bits per heavy atom. The van der Waals surface area contributed by atoms with E-state index in [1.54, 1.807) is 6.92 Å². The number of benzene rings is 1. The lowest BCUT2D eigenvalue weighted by Crippen LogP contribution is -2.11. The fourth-order valence-corrected chi connectivity index (χ4v) is 6.42. The van der Waals surface area contributed by atoms with Gasteiger partial charge in [-0.15, -0.1) is 23.5 Å². The predicted molar refractivity (Wildman–Crippen MR) is 89.9 cm³/mol. The lowest BCUT2D eigenvalue weighted by atomic mass is 10.2. The molecule has 2 unspecified atom stereocenters. The van der Waals surface area contributed by atoms with E-state index >= 15 is 0 Å². The van der Waals surface area contributed by atoms with Crippen LogP contribution < -0.4 is 0 Å². The Kier molecular flexibility index (Phi) is 5.09. The van der Waals surface area contributed by atoms with E-state index in [0.29, 0.717) is 10.8 Å². The molecule has 2 atom stereocenters. The summed E-state index contributed by atoms with van der Waals surface area (Å²) in [6, 6.07) is 10.6. The SMILES string of the molecule is C=C(C)C(=O)SCC1CSC(C)(c2ccccc2)S1. The van der Waals surface area contributed by atoms with Gasteiger partial charge >= 0.3 is 0 Å². The lowest BCUT2D eigenvalue weighted by Gasteiger charge is -2.23. The first-order valence-electron chi connectivity index (χ1n) is 6.21. The first kappa shape index (κ1) is 15.1. The largest absolute Gasteiger partial charge is 0.282 e. The highest BCUT2D eigenvalue weighted by Gasteiger charge is 2.38. The van der Waals surface area contributed by atoms with Crippen LogP contribution in [-0.2, 0) is 8.87 Å². The van der Waals surface area contributed by atoms with Crippen LogP contribution in [0.4, 0.5) is 0 Å². The minimum absolute atomic E-state index is 0.124. The highest BCUT2D eigenvalue weighted by molar-refractivity contribution is 8.22. The van der Waals surface area contributed by atoms with Crippen molar-refractivity contribution >= 4 is 40.4 Å². The first-order valence-corrected chi connectivity index (χ1v) is 9.06. The third kappa shape index (κ3) is 3.83. The second-order valence-corrected chi connectivity index (χ2v) is 9.15. The van der Waals surface area contributed by atoms with Crippen molar-refractivity contribution in [3.8, 4) is 0 Å². The molecule has 4 heteroatoms. The third-order valence-electron chi connectivity index (χ3n) is 2.98. The van der Waals surface area contributed by atoms with Gasteiger partial charge in [0.2, 0.25) is 5.12 Å². The first-order chi connectivity index (χ1) is 9.01. The van der Waals surface area contributed by atoms with E-state index < -0.39 is 0 Å². The molecule has 0 saturated carbocycles. The monoisotopic (exact) mass is 310 g/mol. The fraction of sp³-hybridized carbons (Fsp3) is 0.400. The topological polar surface area (TPSA) is 17.1 Å². The molecular formula is C15H18OS3. The van der Waals surface area contributed by atoms with Crippen molar-refractivity contribution in [2.75, 3.05) is 11.5 Å². The van der Waals surface area contributed by atoms with E-state index in [4.69, 9.17) is 0 Å². The van der Waals surface area contributed by atoms with Gasteiger partial charge in [0.05, 0.1) is 4.08 Å². The van der Waals surface area contributed by atoms with Gasteiger partial charge in [-0.05, 0) is 25.0 Å². The summed E-state index contributed by atoms with van der Waals surface area (Å²) < 4.78 is 0.124. The molecule has 2 rings (SSSR count). The van der Waals surface area contributed by atoms with Crippen molar-refractivity contribution in [3.05, 3.63) is 48.0 Å². The maximum Gasteiger partial charge on any atom is 0.214 e. The molecule has 0 radical (unpaired) electrons. The van der Waals surface area contributed by atoms with Crippen LogP contribution in [0.2, 0.25) is 0 Å². The molecule has 0 aromatic heterocycles. The fourth-order valence-electron chi connectivity index (χ4n) is 1.90. The van der Waals surface area contributed by atoms with Gasteiger partial charge in [0.1, 0.15) is 0 Å². The summed E-state index contributed by atoms with van der Waals surface area (Å²) in [7, 11) is 0. The quantitative estimate of drug-likeness (QED) is 0.759. The number of rotatable bonds is 4. The van der Waals surface area contributed by atoms with Gasteiger partial charge in [0.15, 0.2) is 0 Å². The van der Waals surface area contributed by atoms with Crippen LogP contribution >= 0.6 is 35.3 Å². The average Bonchev–Trinajstić information content (AvgIpc) is 2.80. The van der Waals surface area contributed by atoms with Crippen LogP contribution in [0.3, 0.4) is 0 Å². The van der Waals surface area contributed by atoms with Crippen molar-refractivity contribution in [1.82, 2.24) is 0 Å². The number of carbonyl (C=O) groups is 1. The molecule has 0 N–H and O–H groups in total. The van der Waals surface area contributed by atoms with Gasteiger partial charge in [-0.3, -0.25) is 4.79 Å². The molecule has 102 valence electrons. The van der Waals surface area contributed by atoms with Crippen LogP contribution in [0.25, 0.3) is 0 Å². The molecule has 1 aromatic carbocycles. The van der Waals surface area contributed by atoms with Crippen LogP contribution in [0.5, 0.6) is 0 Å². The Morgan fingerprint density at radius 3 is 2.79 bits per heavy atom. The van der Waals surface area contributed by atoms with Crippen molar-refractivity contribution in [2.45, 2.75) is 23.2 Å². The van der Waals surface area contributed by atoms with Crippen LogP contribution in [-0.4, -0.2) is 21.9 Å². The van der Waals surface area contributed by atoms with E-state index in [2.05, 4.69) is 43.8 Å². The molecule has 0 spiro atoms. The molecule has 0 amide bonds. The molecule has 0 bridgehead atoms. The maximum absolute atomic E-state index is 11.6.